The summed E-state index contributed by atoms with van der Waals surface area (Å²) in [4.78, 5) is 0. The Kier molecular flexibility index (Phi) is 4.99. The molecule has 0 atom stereocenters. The summed E-state index contributed by atoms with van der Waals surface area (Å²) >= 11 is 6.13. The van der Waals surface area contributed by atoms with E-state index in [2.05, 4.69) is 24.9 Å². The zero-order valence-corrected chi connectivity index (χ0v) is 13.9. The molecule has 0 radical (unpaired) electrons. The molecule has 0 heterocycles. The van der Waals surface area contributed by atoms with Crippen molar-refractivity contribution in [3.05, 3.63) is 64.2 Å². The van der Waals surface area contributed by atoms with E-state index < -0.39 is 0 Å². The third-order valence-electron chi connectivity index (χ3n) is 3.71. The second kappa shape index (κ2) is 6.75. The SMILES string of the molecule is C=C(NCc1ccc(OC)c(Cl)c1)c1cc(C)c(C)cc1N. The van der Waals surface area contributed by atoms with Gasteiger partial charge in [0.05, 0.1) is 12.1 Å². The average molecular weight is 317 g/mol. The summed E-state index contributed by atoms with van der Waals surface area (Å²) in [5.74, 6) is 0.669. The van der Waals surface area contributed by atoms with E-state index in [1.807, 2.05) is 31.2 Å². The molecule has 2 aromatic carbocycles. The van der Waals surface area contributed by atoms with Crippen LogP contribution >= 0.6 is 11.6 Å². The van der Waals surface area contributed by atoms with Gasteiger partial charge >= 0.3 is 0 Å². The number of anilines is 1. The van der Waals surface area contributed by atoms with Gasteiger partial charge in [0.25, 0.3) is 0 Å². The van der Waals surface area contributed by atoms with Crippen molar-refractivity contribution < 1.29 is 4.74 Å². The number of rotatable bonds is 5. The number of hydrogen-bond acceptors (Lipinski definition) is 3. The molecule has 0 fully saturated rings. The van der Waals surface area contributed by atoms with Crippen LogP contribution in [0.3, 0.4) is 0 Å². The molecule has 0 saturated carbocycles. The number of hydrogen-bond donors (Lipinski definition) is 2. The molecular formula is C18H21ClN2O. The Bertz CT molecular complexity index is 710. The van der Waals surface area contributed by atoms with Gasteiger partial charge in [0.1, 0.15) is 5.75 Å². The minimum absolute atomic E-state index is 0.595. The number of benzene rings is 2. The molecule has 0 aromatic heterocycles. The van der Waals surface area contributed by atoms with Crippen molar-refractivity contribution >= 4 is 23.0 Å². The van der Waals surface area contributed by atoms with Crippen molar-refractivity contribution in [1.29, 1.82) is 0 Å². The van der Waals surface area contributed by atoms with Crippen molar-refractivity contribution in [1.82, 2.24) is 5.32 Å². The monoisotopic (exact) mass is 316 g/mol. The van der Waals surface area contributed by atoms with Gasteiger partial charge in [-0.1, -0.05) is 24.2 Å². The van der Waals surface area contributed by atoms with E-state index in [0.717, 1.165) is 22.5 Å². The molecule has 2 rings (SSSR count). The van der Waals surface area contributed by atoms with Crippen LogP contribution in [0, 0.1) is 13.8 Å². The third-order valence-corrected chi connectivity index (χ3v) is 4.01. The first kappa shape index (κ1) is 16.2. The number of nitrogen functional groups attached to an aromatic ring is 1. The number of nitrogens with two attached hydrogens (primary N) is 1. The van der Waals surface area contributed by atoms with Gasteiger partial charge in [-0.3, -0.25) is 0 Å². The normalized spacial score (nSPS) is 10.4. The van der Waals surface area contributed by atoms with E-state index in [-0.39, 0.29) is 0 Å². The highest BCUT2D eigenvalue weighted by atomic mass is 35.5. The van der Waals surface area contributed by atoms with Crippen LogP contribution in [0.5, 0.6) is 5.75 Å². The Morgan fingerprint density at radius 3 is 2.55 bits per heavy atom. The van der Waals surface area contributed by atoms with Crippen molar-refractivity contribution in [3.63, 3.8) is 0 Å². The molecule has 0 amide bonds. The third kappa shape index (κ3) is 3.55. The molecular weight excluding hydrogens is 296 g/mol. The Hall–Kier alpha value is -2.13. The molecule has 0 aliphatic carbocycles. The van der Waals surface area contributed by atoms with Crippen molar-refractivity contribution in [3.8, 4) is 5.75 Å². The van der Waals surface area contributed by atoms with Gasteiger partial charge in [-0.05, 0) is 54.8 Å². The Morgan fingerprint density at radius 2 is 1.91 bits per heavy atom. The molecule has 4 heteroatoms. The van der Waals surface area contributed by atoms with Crippen LogP contribution in [0.4, 0.5) is 5.69 Å². The van der Waals surface area contributed by atoms with Crippen LogP contribution in [0.1, 0.15) is 22.3 Å². The first-order valence-corrected chi connectivity index (χ1v) is 7.42. The zero-order valence-electron chi connectivity index (χ0n) is 13.2. The quantitative estimate of drug-likeness (QED) is 0.808. The number of aryl methyl sites for hydroxylation is 2. The van der Waals surface area contributed by atoms with E-state index >= 15 is 0 Å². The van der Waals surface area contributed by atoms with Crippen molar-refractivity contribution in [2.75, 3.05) is 12.8 Å². The second-order valence-corrected chi connectivity index (χ2v) is 5.73. The van der Waals surface area contributed by atoms with Gasteiger partial charge in [0, 0.05) is 23.5 Å². The molecule has 22 heavy (non-hydrogen) atoms. The fraction of sp³-hybridized carbons (Fsp3) is 0.222. The zero-order chi connectivity index (χ0) is 16.3. The smallest absolute Gasteiger partial charge is 0.137 e. The summed E-state index contributed by atoms with van der Waals surface area (Å²) in [5.41, 5.74) is 12.0. The largest absolute Gasteiger partial charge is 0.495 e. The maximum Gasteiger partial charge on any atom is 0.137 e. The number of halogens is 1. The van der Waals surface area contributed by atoms with E-state index in [1.165, 1.54) is 11.1 Å². The molecule has 0 spiro atoms. The minimum atomic E-state index is 0.595. The highest BCUT2D eigenvalue weighted by Crippen LogP contribution is 2.26. The van der Waals surface area contributed by atoms with Gasteiger partial charge in [-0.2, -0.15) is 0 Å². The maximum atomic E-state index is 6.13. The van der Waals surface area contributed by atoms with Crippen LogP contribution in [0.25, 0.3) is 5.70 Å². The fourth-order valence-electron chi connectivity index (χ4n) is 2.22. The lowest BCUT2D eigenvalue weighted by Crippen LogP contribution is -2.12. The van der Waals surface area contributed by atoms with Crippen molar-refractivity contribution in [2.24, 2.45) is 0 Å². The lowest BCUT2D eigenvalue weighted by atomic mass is 10.0. The highest BCUT2D eigenvalue weighted by Gasteiger charge is 2.07. The second-order valence-electron chi connectivity index (χ2n) is 5.32. The predicted octanol–water partition coefficient (Wildman–Crippen LogP) is 4.31. The molecule has 3 nitrogen and oxygen atoms in total. The molecule has 0 bridgehead atoms. The Balaban J connectivity index is 2.10. The predicted molar refractivity (Wildman–Crippen MR) is 94.2 cm³/mol. The minimum Gasteiger partial charge on any atom is -0.495 e. The molecule has 0 saturated heterocycles. The summed E-state index contributed by atoms with van der Waals surface area (Å²) < 4.78 is 5.15. The molecule has 116 valence electrons. The van der Waals surface area contributed by atoms with Crippen LogP contribution in [0.2, 0.25) is 5.02 Å². The van der Waals surface area contributed by atoms with Gasteiger partial charge in [-0.25, -0.2) is 0 Å². The van der Waals surface area contributed by atoms with Gasteiger partial charge in [0.15, 0.2) is 0 Å². The highest BCUT2D eigenvalue weighted by molar-refractivity contribution is 6.32. The summed E-state index contributed by atoms with van der Waals surface area (Å²) in [7, 11) is 1.60. The van der Waals surface area contributed by atoms with E-state index in [1.54, 1.807) is 7.11 Å². The summed E-state index contributed by atoms with van der Waals surface area (Å²) in [6.07, 6.45) is 0. The number of ether oxygens (including phenoxy) is 1. The van der Waals surface area contributed by atoms with Crippen LogP contribution in [-0.4, -0.2) is 7.11 Å². The summed E-state index contributed by atoms with van der Waals surface area (Å²) in [5, 5.41) is 3.89. The van der Waals surface area contributed by atoms with E-state index in [4.69, 9.17) is 22.1 Å². The van der Waals surface area contributed by atoms with Gasteiger partial charge in [0.2, 0.25) is 0 Å². The lowest BCUT2D eigenvalue weighted by molar-refractivity contribution is 0.415. The lowest BCUT2D eigenvalue weighted by Gasteiger charge is -2.14. The molecule has 3 N–H and O–H groups in total. The van der Waals surface area contributed by atoms with Crippen LogP contribution in [0.15, 0.2) is 36.9 Å². The number of nitrogens with one attached hydrogen (secondary N) is 1. The Labute approximate surface area is 136 Å². The Morgan fingerprint density at radius 1 is 1.23 bits per heavy atom. The van der Waals surface area contributed by atoms with Crippen LogP contribution in [-0.2, 0) is 6.54 Å². The van der Waals surface area contributed by atoms with E-state index in [0.29, 0.717) is 17.3 Å². The van der Waals surface area contributed by atoms with E-state index in [9.17, 15) is 0 Å². The van der Waals surface area contributed by atoms with Crippen LogP contribution < -0.4 is 15.8 Å². The standard InChI is InChI=1S/C18H21ClN2O/c1-11-7-15(17(20)8-12(11)2)13(3)21-10-14-5-6-18(22-4)16(19)9-14/h5-9,21H,3,10,20H2,1-2,4H3. The fourth-order valence-corrected chi connectivity index (χ4v) is 2.50. The van der Waals surface area contributed by atoms with Crippen molar-refractivity contribution in [2.45, 2.75) is 20.4 Å². The molecule has 0 aliphatic rings. The number of methoxy groups -OCH3 is 1. The van der Waals surface area contributed by atoms with Gasteiger partial charge in [-0.15, -0.1) is 0 Å². The first-order valence-electron chi connectivity index (χ1n) is 7.04. The molecule has 0 aliphatic heterocycles. The summed E-state index contributed by atoms with van der Waals surface area (Å²) in [6.45, 7) is 8.81. The topological polar surface area (TPSA) is 47.3 Å². The molecule has 2 aromatic rings. The summed E-state index contributed by atoms with van der Waals surface area (Å²) in [6, 6.07) is 9.73. The first-order chi connectivity index (χ1) is 10.4. The maximum absolute atomic E-state index is 6.13. The van der Waals surface area contributed by atoms with Gasteiger partial charge < -0.3 is 15.8 Å². The molecule has 0 unspecified atom stereocenters. The average Bonchev–Trinajstić information content (AvgIpc) is 2.48.